The van der Waals surface area contributed by atoms with Crippen LogP contribution >= 0.6 is 0 Å². The molecule has 0 N–H and O–H groups in total. The summed E-state index contributed by atoms with van der Waals surface area (Å²) in [5.74, 6) is -0.894. The number of carbonyl (C=O) groups excluding carboxylic acids is 2. The van der Waals surface area contributed by atoms with E-state index in [1.54, 1.807) is 30.3 Å². The molecule has 0 saturated carbocycles. The number of nitro groups is 1. The van der Waals surface area contributed by atoms with Gasteiger partial charge < -0.3 is 9.47 Å². The third-order valence-corrected chi connectivity index (χ3v) is 3.00. The molecule has 2 aromatic rings. The Morgan fingerprint density at radius 3 is 2.46 bits per heavy atom. The van der Waals surface area contributed by atoms with Crippen LogP contribution in [0.1, 0.15) is 15.9 Å². The highest BCUT2D eigenvalue weighted by molar-refractivity contribution is 5.91. The molecule has 0 atom stereocenters. The molecule has 2 rings (SSSR count). The quantitative estimate of drug-likeness (QED) is 0.275. The predicted octanol–water partition coefficient (Wildman–Crippen LogP) is 3.00. The van der Waals surface area contributed by atoms with Crippen molar-refractivity contribution in [3.8, 4) is 5.75 Å². The summed E-state index contributed by atoms with van der Waals surface area (Å²) in [5.41, 5.74) is 0.613. The molecule has 0 bridgehead atoms. The van der Waals surface area contributed by atoms with Gasteiger partial charge in [0.15, 0.2) is 0 Å². The zero-order chi connectivity index (χ0) is 17.5. The SMILES string of the molecule is COC(=O)C=Cc1ccc(OC(=O)c2cccc([N+](=O)[O-])c2)cc1. The van der Waals surface area contributed by atoms with Crippen LogP contribution in [0.2, 0.25) is 0 Å². The van der Waals surface area contributed by atoms with Crippen molar-refractivity contribution in [2.24, 2.45) is 0 Å². The second-order valence-electron chi connectivity index (χ2n) is 4.62. The van der Waals surface area contributed by atoms with Crippen LogP contribution in [-0.2, 0) is 9.53 Å². The monoisotopic (exact) mass is 327 g/mol. The zero-order valence-electron chi connectivity index (χ0n) is 12.7. The summed E-state index contributed by atoms with van der Waals surface area (Å²) in [4.78, 5) is 33.1. The number of ether oxygens (including phenoxy) is 2. The van der Waals surface area contributed by atoms with Crippen LogP contribution in [0.3, 0.4) is 0 Å². The van der Waals surface area contributed by atoms with Crippen LogP contribution in [-0.4, -0.2) is 24.0 Å². The third-order valence-electron chi connectivity index (χ3n) is 3.00. The molecule has 2 aromatic carbocycles. The second kappa shape index (κ2) is 7.68. The van der Waals surface area contributed by atoms with Gasteiger partial charge in [0.1, 0.15) is 5.75 Å². The number of nitro benzene ring substituents is 1. The number of methoxy groups -OCH3 is 1. The Kier molecular flexibility index (Phi) is 5.40. The summed E-state index contributed by atoms with van der Waals surface area (Å²) in [6, 6.07) is 11.7. The van der Waals surface area contributed by atoms with E-state index in [9.17, 15) is 19.7 Å². The molecule has 0 amide bonds. The van der Waals surface area contributed by atoms with Gasteiger partial charge in [-0.05, 0) is 29.8 Å². The number of benzene rings is 2. The molecule has 122 valence electrons. The van der Waals surface area contributed by atoms with Crippen molar-refractivity contribution in [3.05, 3.63) is 75.8 Å². The first-order chi connectivity index (χ1) is 11.5. The molecular weight excluding hydrogens is 314 g/mol. The molecule has 0 aliphatic carbocycles. The standard InChI is InChI=1S/C17H13NO6/c1-23-16(19)10-7-12-5-8-15(9-6-12)24-17(20)13-3-2-4-14(11-13)18(21)22/h2-11H,1H3. The van der Waals surface area contributed by atoms with E-state index in [4.69, 9.17) is 4.74 Å². The van der Waals surface area contributed by atoms with E-state index in [1.807, 2.05) is 0 Å². The van der Waals surface area contributed by atoms with E-state index in [0.717, 1.165) is 11.6 Å². The minimum absolute atomic E-state index is 0.0823. The Bertz CT molecular complexity index is 795. The summed E-state index contributed by atoms with van der Waals surface area (Å²) in [6.07, 6.45) is 2.82. The van der Waals surface area contributed by atoms with Crippen molar-refractivity contribution in [3.63, 3.8) is 0 Å². The molecule has 0 saturated heterocycles. The Hall–Kier alpha value is -3.48. The molecule has 24 heavy (non-hydrogen) atoms. The van der Waals surface area contributed by atoms with Crippen molar-refractivity contribution in [2.75, 3.05) is 7.11 Å². The van der Waals surface area contributed by atoms with E-state index in [2.05, 4.69) is 4.74 Å². The van der Waals surface area contributed by atoms with Gasteiger partial charge in [-0.2, -0.15) is 0 Å². The van der Waals surface area contributed by atoms with Gasteiger partial charge in [0.05, 0.1) is 17.6 Å². The highest BCUT2D eigenvalue weighted by Crippen LogP contribution is 2.18. The van der Waals surface area contributed by atoms with Crippen molar-refractivity contribution >= 4 is 23.7 Å². The van der Waals surface area contributed by atoms with Crippen LogP contribution < -0.4 is 4.74 Å². The van der Waals surface area contributed by atoms with Gasteiger partial charge in [0.2, 0.25) is 0 Å². The van der Waals surface area contributed by atoms with Gasteiger partial charge in [0.25, 0.3) is 5.69 Å². The molecule has 7 nitrogen and oxygen atoms in total. The van der Waals surface area contributed by atoms with Gasteiger partial charge in [-0.15, -0.1) is 0 Å². The Balaban J connectivity index is 2.07. The zero-order valence-corrected chi connectivity index (χ0v) is 12.7. The summed E-state index contributed by atoms with van der Waals surface area (Å²) in [7, 11) is 1.28. The average molecular weight is 327 g/mol. The molecule has 7 heteroatoms. The lowest BCUT2D eigenvalue weighted by Crippen LogP contribution is -2.08. The highest BCUT2D eigenvalue weighted by Gasteiger charge is 2.13. The molecule has 0 radical (unpaired) electrons. The minimum Gasteiger partial charge on any atom is -0.466 e. The number of rotatable bonds is 5. The molecular formula is C17H13NO6. The van der Waals surface area contributed by atoms with E-state index in [0.29, 0.717) is 0 Å². The minimum atomic E-state index is -0.698. The van der Waals surface area contributed by atoms with Gasteiger partial charge in [-0.1, -0.05) is 18.2 Å². The lowest BCUT2D eigenvalue weighted by Gasteiger charge is -2.04. The fourth-order valence-electron chi connectivity index (χ4n) is 1.79. The second-order valence-corrected chi connectivity index (χ2v) is 4.62. The molecule has 0 aromatic heterocycles. The smallest absolute Gasteiger partial charge is 0.343 e. The lowest BCUT2D eigenvalue weighted by molar-refractivity contribution is -0.384. The number of non-ortho nitro benzene ring substituents is 1. The van der Waals surface area contributed by atoms with Crippen LogP contribution in [0.15, 0.2) is 54.6 Å². The van der Waals surface area contributed by atoms with E-state index >= 15 is 0 Å². The Labute approximate surface area is 137 Å². The first-order valence-corrected chi connectivity index (χ1v) is 6.82. The summed E-state index contributed by atoms with van der Waals surface area (Å²) < 4.78 is 9.64. The largest absolute Gasteiger partial charge is 0.466 e. The van der Waals surface area contributed by atoms with Gasteiger partial charge >= 0.3 is 11.9 Å². The summed E-state index contributed by atoms with van der Waals surface area (Å²) >= 11 is 0. The molecule has 0 fully saturated rings. The Morgan fingerprint density at radius 1 is 1.12 bits per heavy atom. The average Bonchev–Trinajstić information content (AvgIpc) is 2.60. The first kappa shape index (κ1) is 16.9. The van der Waals surface area contributed by atoms with Crippen molar-refractivity contribution < 1.29 is 24.0 Å². The lowest BCUT2D eigenvalue weighted by atomic mass is 10.2. The molecule has 0 aliphatic rings. The van der Waals surface area contributed by atoms with Crippen molar-refractivity contribution in [2.45, 2.75) is 0 Å². The normalized spacial score (nSPS) is 10.4. The third kappa shape index (κ3) is 4.51. The molecule has 0 aliphatic heterocycles. The maximum atomic E-state index is 12.0. The Morgan fingerprint density at radius 2 is 1.83 bits per heavy atom. The fraction of sp³-hybridized carbons (Fsp3) is 0.0588. The van der Waals surface area contributed by atoms with Crippen LogP contribution in [0.25, 0.3) is 6.08 Å². The summed E-state index contributed by atoms with van der Waals surface area (Å²) in [5, 5.41) is 10.7. The molecule has 0 heterocycles. The van der Waals surface area contributed by atoms with Gasteiger partial charge in [0, 0.05) is 18.2 Å². The number of hydrogen-bond donors (Lipinski definition) is 0. The van der Waals surface area contributed by atoms with E-state index in [1.165, 1.54) is 31.4 Å². The number of esters is 2. The highest BCUT2D eigenvalue weighted by atomic mass is 16.6. The number of hydrogen-bond acceptors (Lipinski definition) is 6. The molecule has 0 unspecified atom stereocenters. The van der Waals surface area contributed by atoms with Crippen LogP contribution in [0, 0.1) is 10.1 Å². The van der Waals surface area contributed by atoms with Gasteiger partial charge in [-0.25, -0.2) is 9.59 Å². The van der Waals surface area contributed by atoms with Crippen molar-refractivity contribution in [1.82, 2.24) is 0 Å². The van der Waals surface area contributed by atoms with Crippen molar-refractivity contribution in [1.29, 1.82) is 0 Å². The van der Waals surface area contributed by atoms with Crippen LogP contribution in [0.5, 0.6) is 5.75 Å². The maximum Gasteiger partial charge on any atom is 0.343 e. The van der Waals surface area contributed by atoms with Gasteiger partial charge in [-0.3, -0.25) is 10.1 Å². The summed E-state index contributed by atoms with van der Waals surface area (Å²) in [6.45, 7) is 0. The number of carbonyl (C=O) groups is 2. The van der Waals surface area contributed by atoms with E-state index in [-0.39, 0.29) is 17.0 Å². The first-order valence-electron chi connectivity index (χ1n) is 6.82. The number of nitrogens with zero attached hydrogens (tertiary/aromatic N) is 1. The van der Waals surface area contributed by atoms with E-state index < -0.39 is 16.9 Å². The van der Waals surface area contributed by atoms with Crippen LogP contribution in [0.4, 0.5) is 5.69 Å². The fourth-order valence-corrected chi connectivity index (χ4v) is 1.79. The maximum absolute atomic E-state index is 12.0. The molecule has 0 spiro atoms. The topological polar surface area (TPSA) is 95.7 Å². The predicted molar refractivity (Wildman–Crippen MR) is 85.5 cm³/mol.